The number of hydrogen-bond donors (Lipinski definition) is 3. The highest BCUT2D eigenvalue weighted by atomic mass is 127. The van der Waals surface area contributed by atoms with Crippen molar-refractivity contribution in [2.45, 2.75) is 45.3 Å². The summed E-state index contributed by atoms with van der Waals surface area (Å²) >= 11 is 7.32. The average molecular weight is 501 g/mol. The number of guanidine groups is 1. The third kappa shape index (κ3) is 7.58. The number of piperidine rings is 1. The van der Waals surface area contributed by atoms with Crippen LogP contribution in [-0.2, 0) is 0 Å². The lowest BCUT2D eigenvalue weighted by molar-refractivity contribution is 0.157. The Morgan fingerprint density at radius 3 is 2.84 bits per heavy atom. The van der Waals surface area contributed by atoms with Crippen LogP contribution in [0.5, 0.6) is 0 Å². The lowest BCUT2D eigenvalue weighted by Crippen LogP contribution is -2.49. The second-order valence-electron chi connectivity index (χ2n) is 6.04. The van der Waals surface area contributed by atoms with Crippen LogP contribution in [0.1, 0.15) is 44.1 Å². The Morgan fingerprint density at radius 2 is 2.20 bits per heavy atom. The molecule has 3 N–H and O–H groups in total. The van der Waals surface area contributed by atoms with E-state index in [4.69, 9.17) is 11.6 Å². The van der Waals surface area contributed by atoms with Gasteiger partial charge in [0.1, 0.15) is 6.10 Å². The fourth-order valence-corrected chi connectivity index (χ4v) is 4.08. The molecule has 0 aromatic carbocycles. The van der Waals surface area contributed by atoms with Crippen molar-refractivity contribution in [3.63, 3.8) is 0 Å². The molecule has 1 aliphatic rings. The summed E-state index contributed by atoms with van der Waals surface area (Å²) in [6, 6.07) is 4.23. The van der Waals surface area contributed by atoms with Gasteiger partial charge in [-0.25, -0.2) is 0 Å². The van der Waals surface area contributed by atoms with Crippen LogP contribution < -0.4 is 10.6 Å². The lowest BCUT2D eigenvalue weighted by Gasteiger charge is -2.35. The molecule has 0 saturated carbocycles. The van der Waals surface area contributed by atoms with Gasteiger partial charge >= 0.3 is 0 Å². The predicted molar refractivity (Wildman–Crippen MR) is 119 cm³/mol. The molecule has 1 aliphatic heterocycles. The summed E-state index contributed by atoms with van der Waals surface area (Å²) in [6.07, 6.45) is 3.22. The van der Waals surface area contributed by atoms with Gasteiger partial charge < -0.3 is 15.7 Å². The molecular formula is C17H30ClIN4OS. The maximum Gasteiger partial charge on any atom is 0.191 e. The zero-order chi connectivity index (χ0) is 17.4. The highest BCUT2D eigenvalue weighted by Crippen LogP contribution is 2.26. The summed E-state index contributed by atoms with van der Waals surface area (Å²) in [7, 11) is 0. The first-order valence-corrected chi connectivity index (χ1v) is 10.0. The van der Waals surface area contributed by atoms with Gasteiger partial charge in [0.2, 0.25) is 0 Å². The Balaban J connectivity index is 0.00000312. The molecule has 144 valence electrons. The number of likely N-dealkylation sites (tertiary alicyclic amines) is 1. The topological polar surface area (TPSA) is 59.9 Å². The molecule has 2 heterocycles. The van der Waals surface area contributed by atoms with Crippen molar-refractivity contribution in [2.75, 3.05) is 32.7 Å². The van der Waals surface area contributed by atoms with E-state index in [1.54, 1.807) is 6.07 Å². The summed E-state index contributed by atoms with van der Waals surface area (Å²) in [4.78, 5) is 7.91. The second kappa shape index (κ2) is 12.3. The minimum atomic E-state index is -0.611. The van der Waals surface area contributed by atoms with Crippen molar-refractivity contribution in [3.05, 3.63) is 21.3 Å². The number of halogens is 2. The molecule has 1 fully saturated rings. The first-order valence-electron chi connectivity index (χ1n) is 8.83. The number of hydrogen-bond acceptors (Lipinski definition) is 4. The first kappa shape index (κ1) is 23.0. The number of thiophene rings is 1. The van der Waals surface area contributed by atoms with Gasteiger partial charge in [0, 0.05) is 24.0 Å². The van der Waals surface area contributed by atoms with Crippen molar-refractivity contribution in [1.82, 2.24) is 15.5 Å². The highest BCUT2D eigenvalue weighted by Gasteiger charge is 2.20. The Labute approximate surface area is 177 Å². The average Bonchev–Trinajstić information content (AvgIpc) is 3.04. The molecule has 2 rings (SSSR count). The molecule has 5 nitrogen and oxygen atoms in total. The molecule has 1 saturated heterocycles. The first-order chi connectivity index (χ1) is 11.6. The van der Waals surface area contributed by atoms with E-state index >= 15 is 0 Å². The molecule has 1 aromatic heterocycles. The smallest absolute Gasteiger partial charge is 0.191 e. The zero-order valence-electron chi connectivity index (χ0n) is 15.0. The molecule has 2 unspecified atom stereocenters. The number of rotatable bonds is 7. The molecule has 0 aliphatic carbocycles. The lowest BCUT2D eigenvalue weighted by atomic mass is 10.0. The van der Waals surface area contributed by atoms with E-state index in [0.717, 1.165) is 30.5 Å². The van der Waals surface area contributed by atoms with Crippen LogP contribution in [0.2, 0.25) is 4.34 Å². The monoisotopic (exact) mass is 500 g/mol. The number of likely N-dealkylation sites (N-methyl/N-ethyl adjacent to an activating group) is 1. The summed E-state index contributed by atoms with van der Waals surface area (Å²) in [6.45, 7) is 8.57. The summed E-state index contributed by atoms with van der Waals surface area (Å²) < 4.78 is 0.690. The minimum Gasteiger partial charge on any atom is -0.386 e. The number of nitrogens with zero attached hydrogens (tertiary/aromatic N) is 2. The van der Waals surface area contributed by atoms with E-state index in [2.05, 4.69) is 27.4 Å². The Hall–Kier alpha value is -0.0900. The minimum absolute atomic E-state index is 0. The van der Waals surface area contributed by atoms with Crippen LogP contribution in [0.25, 0.3) is 0 Å². The van der Waals surface area contributed by atoms with Crippen LogP contribution in [0.3, 0.4) is 0 Å². The number of aliphatic imine (C=N–C) groups is 1. The number of nitrogens with one attached hydrogen (secondary N) is 2. The Bertz CT molecular complexity index is 529. The van der Waals surface area contributed by atoms with Crippen LogP contribution in [0, 0.1) is 0 Å². The molecule has 2 atom stereocenters. The zero-order valence-corrected chi connectivity index (χ0v) is 18.9. The fourth-order valence-electron chi connectivity index (χ4n) is 3.04. The van der Waals surface area contributed by atoms with Gasteiger partial charge in [0.05, 0.1) is 10.9 Å². The summed E-state index contributed by atoms with van der Waals surface area (Å²) in [5.41, 5.74) is 0. The van der Waals surface area contributed by atoms with E-state index < -0.39 is 6.10 Å². The predicted octanol–water partition coefficient (Wildman–Crippen LogP) is 3.48. The van der Waals surface area contributed by atoms with Gasteiger partial charge in [-0.05, 0) is 45.0 Å². The molecular weight excluding hydrogens is 471 g/mol. The molecule has 0 amide bonds. The van der Waals surface area contributed by atoms with Crippen molar-refractivity contribution in [1.29, 1.82) is 0 Å². The van der Waals surface area contributed by atoms with Crippen molar-refractivity contribution >= 4 is 52.9 Å². The largest absolute Gasteiger partial charge is 0.386 e. The van der Waals surface area contributed by atoms with Crippen molar-refractivity contribution < 1.29 is 5.11 Å². The third-order valence-electron chi connectivity index (χ3n) is 4.35. The highest BCUT2D eigenvalue weighted by molar-refractivity contribution is 14.0. The van der Waals surface area contributed by atoms with Gasteiger partial charge in [-0.3, -0.25) is 9.89 Å². The molecule has 8 heteroatoms. The summed E-state index contributed by atoms with van der Waals surface area (Å²) in [5.74, 6) is 0.765. The quantitative estimate of drug-likeness (QED) is 0.305. The number of aliphatic hydroxyl groups is 1. The third-order valence-corrected chi connectivity index (χ3v) is 5.68. The van der Waals surface area contributed by atoms with E-state index in [1.807, 2.05) is 13.0 Å². The number of aliphatic hydroxyl groups excluding tert-OH is 1. The molecule has 0 radical (unpaired) electrons. The van der Waals surface area contributed by atoms with Crippen LogP contribution >= 0.6 is 46.9 Å². The Kier molecular flexibility index (Phi) is 11.3. The molecule has 25 heavy (non-hydrogen) atoms. The van der Waals surface area contributed by atoms with Crippen molar-refractivity contribution in [2.24, 2.45) is 4.99 Å². The van der Waals surface area contributed by atoms with Gasteiger partial charge in [-0.15, -0.1) is 35.3 Å². The van der Waals surface area contributed by atoms with Gasteiger partial charge in [0.25, 0.3) is 0 Å². The van der Waals surface area contributed by atoms with Gasteiger partial charge in [0.15, 0.2) is 5.96 Å². The molecule has 0 bridgehead atoms. The standard InChI is InChI=1S/C17H29ClN4OS.HI/c1-3-19-17(20-11-13-7-5-6-10-22(13)4-2)21-12-14(23)15-8-9-16(18)24-15;/h8-9,13-14,23H,3-7,10-12H2,1-2H3,(H2,19,20,21);1H. The van der Waals surface area contributed by atoms with Crippen LogP contribution in [0.4, 0.5) is 0 Å². The second-order valence-corrected chi connectivity index (χ2v) is 7.78. The normalized spacial score (nSPS) is 20.0. The van der Waals surface area contributed by atoms with Gasteiger partial charge in [-0.2, -0.15) is 0 Å². The molecule has 0 spiro atoms. The van der Waals surface area contributed by atoms with Crippen molar-refractivity contribution in [3.8, 4) is 0 Å². The summed E-state index contributed by atoms with van der Waals surface area (Å²) in [5, 5.41) is 16.9. The SMILES string of the molecule is CCNC(=NCC(O)c1ccc(Cl)s1)NCC1CCCCN1CC.I. The van der Waals surface area contributed by atoms with E-state index in [0.29, 0.717) is 16.9 Å². The van der Waals surface area contributed by atoms with Crippen LogP contribution in [-0.4, -0.2) is 54.7 Å². The van der Waals surface area contributed by atoms with Crippen LogP contribution in [0.15, 0.2) is 17.1 Å². The molecule has 1 aromatic rings. The van der Waals surface area contributed by atoms with E-state index in [1.165, 1.54) is 37.1 Å². The Morgan fingerprint density at radius 1 is 1.40 bits per heavy atom. The van der Waals surface area contributed by atoms with Gasteiger partial charge in [-0.1, -0.05) is 24.9 Å². The fraction of sp³-hybridized carbons (Fsp3) is 0.706. The maximum absolute atomic E-state index is 10.2. The maximum atomic E-state index is 10.2. The van der Waals surface area contributed by atoms with E-state index in [9.17, 15) is 5.11 Å². The van der Waals surface area contributed by atoms with E-state index in [-0.39, 0.29) is 24.0 Å².